The third kappa shape index (κ3) is 3.12. The van der Waals surface area contributed by atoms with E-state index in [4.69, 9.17) is 0 Å². The smallest absolute Gasteiger partial charge is 0.223 e. The van der Waals surface area contributed by atoms with Gasteiger partial charge in [-0.1, -0.05) is 6.07 Å². The molecule has 2 rings (SSSR count). The lowest BCUT2D eigenvalue weighted by Crippen LogP contribution is -2.26. The summed E-state index contributed by atoms with van der Waals surface area (Å²) in [5.74, 6) is 0.141. The molecule has 2 aromatic rings. The van der Waals surface area contributed by atoms with Crippen LogP contribution in [0.25, 0.3) is 5.65 Å². The number of carbonyl (C=O) groups is 1. The molecule has 19 heavy (non-hydrogen) atoms. The van der Waals surface area contributed by atoms with Crippen molar-refractivity contribution in [3.8, 4) is 0 Å². The summed E-state index contributed by atoms with van der Waals surface area (Å²) in [5.41, 5.74) is 3.13. The summed E-state index contributed by atoms with van der Waals surface area (Å²) in [6.07, 6.45) is 2.53. The number of nitrogens with one attached hydrogen (secondary N) is 1. The molecular formula is C14H20N4O. The average molecular weight is 260 g/mol. The zero-order chi connectivity index (χ0) is 13.8. The van der Waals surface area contributed by atoms with Crippen LogP contribution in [0.1, 0.15) is 17.8 Å². The third-order valence-electron chi connectivity index (χ3n) is 3.14. The van der Waals surface area contributed by atoms with Crippen molar-refractivity contribution in [2.75, 3.05) is 20.6 Å². The summed E-state index contributed by atoms with van der Waals surface area (Å²) in [7, 11) is 3.55. The van der Waals surface area contributed by atoms with Gasteiger partial charge in [-0.3, -0.25) is 4.79 Å². The van der Waals surface area contributed by atoms with E-state index in [0.717, 1.165) is 23.6 Å². The van der Waals surface area contributed by atoms with Crippen molar-refractivity contribution in [2.45, 2.75) is 19.9 Å². The molecule has 0 saturated heterocycles. The number of aryl methyl sites for hydroxylation is 1. The van der Waals surface area contributed by atoms with E-state index in [0.29, 0.717) is 13.0 Å². The zero-order valence-electron chi connectivity index (χ0n) is 11.7. The van der Waals surface area contributed by atoms with E-state index in [9.17, 15) is 4.79 Å². The minimum absolute atomic E-state index is 0.141. The lowest BCUT2D eigenvalue weighted by atomic mass is 10.3. The second kappa shape index (κ2) is 5.84. The Balaban J connectivity index is 1.95. The maximum absolute atomic E-state index is 11.5. The summed E-state index contributed by atoms with van der Waals surface area (Å²) in [6.45, 7) is 3.41. The molecule has 1 amide bonds. The number of nitrogens with zero attached hydrogens (tertiary/aromatic N) is 3. The van der Waals surface area contributed by atoms with E-state index >= 15 is 0 Å². The van der Waals surface area contributed by atoms with Crippen LogP contribution < -0.4 is 5.32 Å². The summed E-state index contributed by atoms with van der Waals surface area (Å²) in [4.78, 5) is 17.6. The van der Waals surface area contributed by atoms with Crippen molar-refractivity contribution in [2.24, 2.45) is 0 Å². The monoisotopic (exact) mass is 260 g/mol. The van der Waals surface area contributed by atoms with Crippen molar-refractivity contribution in [3.05, 3.63) is 35.8 Å². The second-order valence-corrected chi connectivity index (χ2v) is 4.79. The summed E-state index contributed by atoms with van der Waals surface area (Å²) in [6, 6.07) is 5.97. The molecule has 0 bridgehead atoms. The van der Waals surface area contributed by atoms with Crippen molar-refractivity contribution < 1.29 is 4.79 Å². The van der Waals surface area contributed by atoms with Crippen molar-refractivity contribution in [3.63, 3.8) is 0 Å². The quantitative estimate of drug-likeness (QED) is 0.822. The van der Waals surface area contributed by atoms with Crippen LogP contribution in [-0.2, 0) is 11.3 Å². The molecule has 102 valence electrons. The fourth-order valence-electron chi connectivity index (χ4n) is 2.00. The topological polar surface area (TPSA) is 49.6 Å². The molecule has 0 atom stereocenters. The van der Waals surface area contributed by atoms with Gasteiger partial charge >= 0.3 is 0 Å². The average Bonchev–Trinajstić information content (AvgIpc) is 2.70. The molecule has 0 aromatic carbocycles. The first kappa shape index (κ1) is 13.5. The molecule has 2 heterocycles. The molecule has 0 aliphatic heterocycles. The lowest BCUT2D eigenvalue weighted by Gasteiger charge is -2.10. The van der Waals surface area contributed by atoms with Gasteiger partial charge in [-0.05, 0) is 19.1 Å². The normalized spacial score (nSPS) is 10.9. The van der Waals surface area contributed by atoms with Crippen LogP contribution in [-0.4, -0.2) is 40.8 Å². The highest BCUT2D eigenvalue weighted by Crippen LogP contribution is 2.11. The number of amides is 1. The summed E-state index contributed by atoms with van der Waals surface area (Å²) in [5, 5.41) is 3.30. The second-order valence-electron chi connectivity index (χ2n) is 4.79. The molecule has 0 aliphatic rings. The molecule has 0 radical (unpaired) electrons. The van der Waals surface area contributed by atoms with Crippen molar-refractivity contribution in [1.82, 2.24) is 19.6 Å². The molecule has 1 N–H and O–H groups in total. The van der Waals surface area contributed by atoms with E-state index in [1.54, 1.807) is 19.0 Å². The Bertz CT molecular complexity index is 574. The highest BCUT2D eigenvalue weighted by atomic mass is 16.2. The third-order valence-corrected chi connectivity index (χ3v) is 3.14. The Morgan fingerprint density at radius 3 is 2.95 bits per heavy atom. The number of hydrogen-bond donors (Lipinski definition) is 1. The minimum Gasteiger partial charge on any atom is -0.349 e. The van der Waals surface area contributed by atoms with Gasteiger partial charge in [-0.25, -0.2) is 4.98 Å². The van der Waals surface area contributed by atoms with Gasteiger partial charge in [-0.15, -0.1) is 0 Å². The molecule has 0 fully saturated rings. The van der Waals surface area contributed by atoms with Crippen LogP contribution in [0.5, 0.6) is 0 Å². The van der Waals surface area contributed by atoms with E-state index in [-0.39, 0.29) is 5.91 Å². The molecule has 0 spiro atoms. The molecule has 5 nitrogen and oxygen atoms in total. The Hall–Kier alpha value is -1.88. The van der Waals surface area contributed by atoms with Gasteiger partial charge in [0.25, 0.3) is 0 Å². The Kier molecular flexibility index (Phi) is 4.16. The molecule has 0 aliphatic carbocycles. The molecule has 0 unspecified atom stereocenters. The van der Waals surface area contributed by atoms with E-state index < -0.39 is 0 Å². The maximum Gasteiger partial charge on any atom is 0.223 e. The predicted octanol–water partition coefficient (Wildman–Crippen LogP) is 1.21. The minimum atomic E-state index is 0.141. The lowest BCUT2D eigenvalue weighted by molar-refractivity contribution is -0.128. The van der Waals surface area contributed by atoms with Gasteiger partial charge in [0.1, 0.15) is 5.65 Å². The maximum atomic E-state index is 11.5. The Morgan fingerprint density at radius 1 is 1.42 bits per heavy atom. The van der Waals surface area contributed by atoms with Crippen LogP contribution in [0.15, 0.2) is 24.4 Å². The Morgan fingerprint density at radius 2 is 2.21 bits per heavy atom. The van der Waals surface area contributed by atoms with Gasteiger partial charge in [0.05, 0.1) is 11.4 Å². The SMILES string of the molecule is Cc1nc2ccccn2c1CNCCC(=O)N(C)C. The number of rotatable bonds is 5. The number of fused-ring (bicyclic) bond motifs is 1. The molecule has 2 aromatic heterocycles. The first-order chi connectivity index (χ1) is 9.09. The van der Waals surface area contributed by atoms with Crippen LogP contribution in [0.4, 0.5) is 0 Å². The molecule has 5 heteroatoms. The fraction of sp³-hybridized carbons (Fsp3) is 0.429. The largest absolute Gasteiger partial charge is 0.349 e. The highest BCUT2D eigenvalue weighted by molar-refractivity contribution is 5.75. The van der Waals surface area contributed by atoms with Crippen molar-refractivity contribution >= 4 is 11.6 Å². The first-order valence-electron chi connectivity index (χ1n) is 6.43. The first-order valence-corrected chi connectivity index (χ1v) is 6.43. The van der Waals surface area contributed by atoms with E-state index in [1.807, 2.05) is 31.3 Å². The number of aromatic nitrogens is 2. The highest BCUT2D eigenvalue weighted by Gasteiger charge is 2.08. The van der Waals surface area contributed by atoms with Gasteiger partial charge in [0, 0.05) is 39.8 Å². The van der Waals surface area contributed by atoms with Crippen LogP contribution in [0.2, 0.25) is 0 Å². The predicted molar refractivity (Wildman–Crippen MR) is 74.9 cm³/mol. The standard InChI is InChI=1S/C14H20N4O/c1-11-12(10-15-8-7-14(19)17(2)3)18-9-5-4-6-13(18)16-11/h4-6,9,15H,7-8,10H2,1-3H3. The summed E-state index contributed by atoms with van der Waals surface area (Å²) < 4.78 is 2.08. The summed E-state index contributed by atoms with van der Waals surface area (Å²) >= 11 is 0. The van der Waals surface area contributed by atoms with Gasteiger partial charge in [0.2, 0.25) is 5.91 Å². The van der Waals surface area contributed by atoms with Crippen LogP contribution >= 0.6 is 0 Å². The molecular weight excluding hydrogens is 240 g/mol. The number of pyridine rings is 1. The molecule has 0 saturated carbocycles. The van der Waals surface area contributed by atoms with Crippen molar-refractivity contribution in [1.29, 1.82) is 0 Å². The fourth-order valence-corrected chi connectivity index (χ4v) is 2.00. The van der Waals surface area contributed by atoms with Gasteiger partial charge in [0.15, 0.2) is 0 Å². The van der Waals surface area contributed by atoms with Crippen LogP contribution in [0, 0.1) is 6.92 Å². The van der Waals surface area contributed by atoms with Gasteiger partial charge < -0.3 is 14.6 Å². The number of imidazole rings is 1. The van der Waals surface area contributed by atoms with Gasteiger partial charge in [-0.2, -0.15) is 0 Å². The van der Waals surface area contributed by atoms with E-state index in [2.05, 4.69) is 14.7 Å². The Labute approximate surface area is 113 Å². The van der Waals surface area contributed by atoms with E-state index in [1.165, 1.54) is 0 Å². The number of carbonyl (C=O) groups excluding carboxylic acids is 1. The number of hydrogen-bond acceptors (Lipinski definition) is 3. The zero-order valence-corrected chi connectivity index (χ0v) is 11.7. The van der Waals surface area contributed by atoms with Crippen LogP contribution in [0.3, 0.4) is 0 Å².